The van der Waals surface area contributed by atoms with Gasteiger partial charge in [-0.25, -0.2) is 4.39 Å². The molecule has 0 aromatic heterocycles. The first-order chi connectivity index (χ1) is 10.6. The average molecular weight is 355 g/mol. The minimum absolute atomic E-state index is 0.287. The fourth-order valence-corrected chi connectivity index (χ4v) is 3.03. The summed E-state index contributed by atoms with van der Waals surface area (Å²) in [6.45, 7) is 0.742. The van der Waals surface area contributed by atoms with Crippen LogP contribution >= 0.6 is 35.6 Å². The van der Waals surface area contributed by atoms with E-state index in [0.717, 1.165) is 23.1 Å². The molecule has 0 atom stereocenters. The third kappa shape index (κ3) is 6.22. The summed E-state index contributed by atoms with van der Waals surface area (Å²) in [5.74, 6) is 1.54. The van der Waals surface area contributed by atoms with Gasteiger partial charge in [-0.2, -0.15) is 11.8 Å². The van der Waals surface area contributed by atoms with Crippen LogP contribution < -0.4 is 10.6 Å². The zero-order chi connectivity index (χ0) is 15.8. The van der Waals surface area contributed by atoms with Crippen molar-refractivity contribution in [2.45, 2.75) is 5.75 Å². The molecule has 2 N–H and O–H groups in total. The van der Waals surface area contributed by atoms with Crippen LogP contribution in [0.2, 0.25) is 5.02 Å². The van der Waals surface area contributed by atoms with Gasteiger partial charge in [-0.15, -0.1) is 0 Å². The largest absolute Gasteiger partial charge is 0.362 e. The smallest absolute Gasteiger partial charge is 0.170 e. The summed E-state index contributed by atoms with van der Waals surface area (Å²) >= 11 is 12.9. The van der Waals surface area contributed by atoms with Gasteiger partial charge in [0.15, 0.2) is 5.11 Å². The number of hydrogen-bond acceptors (Lipinski definition) is 2. The molecule has 22 heavy (non-hydrogen) atoms. The van der Waals surface area contributed by atoms with Crippen molar-refractivity contribution in [2.24, 2.45) is 0 Å². The molecule has 2 nitrogen and oxygen atoms in total. The Kier molecular flexibility index (Phi) is 6.96. The Morgan fingerprint density at radius 2 is 2.00 bits per heavy atom. The zero-order valence-corrected chi connectivity index (χ0v) is 14.2. The second-order valence-electron chi connectivity index (χ2n) is 4.57. The first-order valence-corrected chi connectivity index (χ1v) is 8.70. The molecule has 2 aromatic carbocycles. The molecule has 0 aliphatic rings. The number of thioether (sulfide) groups is 1. The fourth-order valence-electron chi connectivity index (χ4n) is 1.80. The van der Waals surface area contributed by atoms with Crippen LogP contribution in [-0.2, 0) is 5.75 Å². The molecule has 0 aliphatic heterocycles. The van der Waals surface area contributed by atoms with Crippen molar-refractivity contribution in [2.75, 3.05) is 17.6 Å². The molecule has 6 heteroatoms. The van der Waals surface area contributed by atoms with Gasteiger partial charge in [-0.05, 0) is 48.1 Å². The lowest BCUT2D eigenvalue weighted by Crippen LogP contribution is -2.30. The van der Waals surface area contributed by atoms with Crippen LogP contribution in [-0.4, -0.2) is 17.4 Å². The first kappa shape index (κ1) is 17.1. The van der Waals surface area contributed by atoms with Gasteiger partial charge >= 0.3 is 0 Å². The molecular formula is C16H16ClFN2S2. The average Bonchev–Trinajstić information content (AvgIpc) is 2.47. The molecule has 0 aliphatic carbocycles. The van der Waals surface area contributed by atoms with Crippen molar-refractivity contribution < 1.29 is 4.39 Å². The molecule has 116 valence electrons. The second kappa shape index (κ2) is 8.98. The van der Waals surface area contributed by atoms with Crippen LogP contribution in [0.4, 0.5) is 10.1 Å². The number of hydrogen-bond donors (Lipinski definition) is 2. The highest BCUT2D eigenvalue weighted by Gasteiger charge is 1.99. The predicted octanol–water partition coefficient (Wildman–Crippen LogP) is 4.70. The topological polar surface area (TPSA) is 24.1 Å². The van der Waals surface area contributed by atoms with Crippen LogP contribution in [0, 0.1) is 5.82 Å². The quantitative estimate of drug-likeness (QED) is 0.580. The van der Waals surface area contributed by atoms with Crippen molar-refractivity contribution in [3.8, 4) is 0 Å². The maximum atomic E-state index is 13.0. The van der Waals surface area contributed by atoms with Gasteiger partial charge in [0.05, 0.1) is 0 Å². The second-order valence-corrected chi connectivity index (χ2v) is 6.52. The molecule has 0 saturated carbocycles. The highest BCUT2D eigenvalue weighted by Crippen LogP contribution is 2.16. The molecule has 0 saturated heterocycles. The minimum atomic E-state index is -0.287. The van der Waals surface area contributed by atoms with Crippen LogP contribution in [0.3, 0.4) is 0 Å². The number of anilines is 1. The van der Waals surface area contributed by atoms with Crippen molar-refractivity contribution >= 4 is 46.4 Å². The van der Waals surface area contributed by atoms with Gasteiger partial charge in [0.2, 0.25) is 0 Å². The summed E-state index contributed by atoms with van der Waals surface area (Å²) in [5.41, 5.74) is 1.85. The third-order valence-corrected chi connectivity index (χ3v) is 4.28. The molecule has 0 fully saturated rings. The van der Waals surface area contributed by atoms with Crippen molar-refractivity contribution in [1.29, 1.82) is 0 Å². The molecule has 0 heterocycles. The first-order valence-electron chi connectivity index (χ1n) is 6.76. The molecule has 0 amide bonds. The van der Waals surface area contributed by atoms with Crippen molar-refractivity contribution in [3.05, 3.63) is 64.9 Å². The molecule has 0 bridgehead atoms. The zero-order valence-electron chi connectivity index (χ0n) is 11.8. The van der Waals surface area contributed by atoms with Gasteiger partial charge in [0.25, 0.3) is 0 Å². The Balaban J connectivity index is 1.63. The monoisotopic (exact) mass is 354 g/mol. The standard InChI is InChI=1S/C16H16ClFN2S2/c17-13-4-1-3-12(9-13)11-22-8-7-19-16(21)20-15-6-2-5-14(18)10-15/h1-6,9-10H,7-8,11H2,(H2,19,20,21). The molecule has 2 aromatic rings. The van der Waals surface area contributed by atoms with E-state index in [1.807, 2.05) is 18.2 Å². The summed E-state index contributed by atoms with van der Waals surface area (Å²) in [7, 11) is 0. The number of nitrogens with one attached hydrogen (secondary N) is 2. The Hall–Kier alpha value is -1.30. The minimum Gasteiger partial charge on any atom is -0.362 e. The van der Waals surface area contributed by atoms with E-state index in [1.165, 1.54) is 17.7 Å². The van der Waals surface area contributed by atoms with E-state index in [-0.39, 0.29) is 5.82 Å². The normalized spacial score (nSPS) is 10.3. The third-order valence-electron chi connectivity index (χ3n) is 2.77. The Morgan fingerprint density at radius 3 is 2.77 bits per heavy atom. The summed E-state index contributed by atoms with van der Waals surface area (Å²) in [4.78, 5) is 0. The van der Waals surface area contributed by atoms with Crippen LogP contribution in [0.15, 0.2) is 48.5 Å². The Morgan fingerprint density at radius 1 is 1.18 bits per heavy atom. The van der Waals surface area contributed by atoms with E-state index in [4.69, 9.17) is 23.8 Å². The molecule has 0 radical (unpaired) electrons. The lowest BCUT2D eigenvalue weighted by atomic mass is 10.2. The summed E-state index contributed by atoms with van der Waals surface area (Å²) in [5, 5.41) is 7.31. The van der Waals surface area contributed by atoms with E-state index in [2.05, 4.69) is 16.7 Å². The number of thiocarbonyl (C=S) groups is 1. The SMILES string of the molecule is Fc1cccc(NC(=S)NCCSCc2cccc(Cl)c2)c1. The Labute approximate surface area is 144 Å². The molecule has 0 unspecified atom stereocenters. The summed E-state index contributed by atoms with van der Waals surface area (Å²) in [6.07, 6.45) is 0. The maximum absolute atomic E-state index is 13.0. The lowest BCUT2D eigenvalue weighted by Gasteiger charge is -2.10. The van der Waals surface area contributed by atoms with E-state index < -0.39 is 0 Å². The highest BCUT2D eigenvalue weighted by molar-refractivity contribution is 7.98. The van der Waals surface area contributed by atoms with Gasteiger partial charge in [0.1, 0.15) is 5.82 Å². The van der Waals surface area contributed by atoms with Crippen LogP contribution in [0.25, 0.3) is 0 Å². The van der Waals surface area contributed by atoms with Gasteiger partial charge in [-0.1, -0.05) is 29.8 Å². The number of halogens is 2. The Bertz CT molecular complexity index is 637. The maximum Gasteiger partial charge on any atom is 0.170 e. The van der Waals surface area contributed by atoms with Crippen LogP contribution in [0.1, 0.15) is 5.56 Å². The molecule has 2 rings (SSSR count). The molecule has 0 spiro atoms. The summed E-state index contributed by atoms with van der Waals surface area (Å²) < 4.78 is 13.0. The summed E-state index contributed by atoms with van der Waals surface area (Å²) in [6, 6.07) is 14.1. The predicted molar refractivity (Wildman–Crippen MR) is 98.2 cm³/mol. The lowest BCUT2D eigenvalue weighted by molar-refractivity contribution is 0.628. The van der Waals surface area contributed by atoms with Crippen molar-refractivity contribution in [3.63, 3.8) is 0 Å². The van der Waals surface area contributed by atoms with E-state index >= 15 is 0 Å². The fraction of sp³-hybridized carbons (Fsp3) is 0.188. The van der Waals surface area contributed by atoms with Gasteiger partial charge in [-0.3, -0.25) is 0 Å². The number of rotatable bonds is 6. The van der Waals surface area contributed by atoms with E-state index in [9.17, 15) is 4.39 Å². The van der Waals surface area contributed by atoms with E-state index in [1.54, 1.807) is 23.9 Å². The van der Waals surface area contributed by atoms with Crippen LogP contribution in [0.5, 0.6) is 0 Å². The highest BCUT2D eigenvalue weighted by atomic mass is 35.5. The van der Waals surface area contributed by atoms with Gasteiger partial charge in [0, 0.05) is 28.8 Å². The van der Waals surface area contributed by atoms with Gasteiger partial charge < -0.3 is 10.6 Å². The van der Waals surface area contributed by atoms with E-state index in [0.29, 0.717) is 10.8 Å². The molecular weight excluding hydrogens is 339 g/mol. The number of benzene rings is 2. The van der Waals surface area contributed by atoms with Crippen molar-refractivity contribution in [1.82, 2.24) is 5.32 Å².